The molecule has 3 rings (SSSR count). The molecular weight excluding hydrogens is 304 g/mol. The van der Waals surface area contributed by atoms with E-state index in [0.29, 0.717) is 0 Å². The van der Waals surface area contributed by atoms with Crippen molar-refractivity contribution in [2.24, 2.45) is 0 Å². The van der Waals surface area contributed by atoms with Crippen molar-refractivity contribution in [2.45, 2.75) is 37.8 Å². The molecule has 22 heavy (non-hydrogen) atoms. The Bertz CT molecular complexity index is 579. The van der Waals surface area contributed by atoms with E-state index in [1.54, 1.807) is 0 Å². The summed E-state index contributed by atoms with van der Waals surface area (Å²) in [6, 6.07) is -0.487. The molecule has 0 radical (unpaired) electrons. The lowest BCUT2D eigenvalue weighted by atomic mass is 9.89. The summed E-state index contributed by atoms with van der Waals surface area (Å²) in [7, 11) is 0. The molecule has 1 saturated heterocycles. The van der Waals surface area contributed by atoms with E-state index >= 15 is 0 Å². The van der Waals surface area contributed by atoms with Crippen molar-refractivity contribution in [2.75, 3.05) is 5.75 Å². The van der Waals surface area contributed by atoms with Crippen LogP contribution in [0.25, 0.3) is 0 Å². The van der Waals surface area contributed by atoms with Gasteiger partial charge in [-0.15, -0.1) is 0 Å². The lowest BCUT2D eigenvalue weighted by Crippen LogP contribution is -2.54. The van der Waals surface area contributed by atoms with Crippen LogP contribution in [0.2, 0.25) is 0 Å². The zero-order chi connectivity index (χ0) is 15.5. The van der Waals surface area contributed by atoms with Gasteiger partial charge in [0.25, 0.3) is 11.1 Å². The quantitative estimate of drug-likeness (QED) is 0.900. The van der Waals surface area contributed by atoms with Crippen molar-refractivity contribution >= 4 is 28.8 Å². The predicted octanol–water partition coefficient (Wildman–Crippen LogP) is 1.21. The molecule has 8 heteroatoms. The molecule has 2 atom stereocenters. The van der Waals surface area contributed by atoms with Crippen LogP contribution in [0.1, 0.15) is 36.2 Å². The smallest absolute Gasteiger partial charge is 0.289 e. The van der Waals surface area contributed by atoms with Crippen molar-refractivity contribution in [3.05, 3.63) is 24.3 Å². The maximum absolute atomic E-state index is 12.2. The number of amides is 3. The second-order valence-electron chi connectivity index (χ2n) is 5.34. The Morgan fingerprint density at radius 1 is 1.27 bits per heavy atom. The first-order chi connectivity index (χ1) is 10.7. The summed E-state index contributed by atoms with van der Waals surface area (Å²) in [4.78, 5) is 45.3. The van der Waals surface area contributed by atoms with Crippen molar-refractivity contribution in [1.29, 1.82) is 0 Å². The van der Waals surface area contributed by atoms with Crippen LogP contribution in [-0.4, -0.2) is 49.8 Å². The SMILES string of the molecule is O=C(N[C@@H]1CCCC[C@H]1N1C(=O)CSC1=O)c1cnccn1. The van der Waals surface area contributed by atoms with Crippen molar-refractivity contribution < 1.29 is 14.4 Å². The van der Waals surface area contributed by atoms with Crippen LogP contribution in [0.3, 0.4) is 0 Å². The van der Waals surface area contributed by atoms with Crippen molar-refractivity contribution in [3.63, 3.8) is 0 Å². The highest BCUT2D eigenvalue weighted by molar-refractivity contribution is 8.14. The molecule has 3 amide bonds. The molecule has 1 aromatic rings. The van der Waals surface area contributed by atoms with E-state index in [-0.39, 0.29) is 40.6 Å². The van der Waals surface area contributed by atoms with Gasteiger partial charge >= 0.3 is 0 Å². The summed E-state index contributed by atoms with van der Waals surface area (Å²) in [5, 5.41) is 2.69. The van der Waals surface area contributed by atoms with E-state index < -0.39 is 0 Å². The van der Waals surface area contributed by atoms with Gasteiger partial charge in [0.1, 0.15) is 5.69 Å². The zero-order valence-corrected chi connectivity index (χ0v) is 12.7. The van der Waals surface area contributed by atoms with Crippen LogP contribution in [0.15, 0.2) is 18.6 Å². The standard InChI is InChI=1S/C14H16N4O3S/c19-12-8-22-14(21)18(12)11-4-2-1-3-9(11)17-13(20)10-7-15-5-6-16-10/h5-7,9,11H,1-4,8H2,(H,17,20)/t9-,11-/m1/s1. The summed E-state index contributed by atoms with van der Waals surface area (Å²) in [5.74, 6) is -0.294. The highest BCUT2D eigenvalue weighted by Crippen LogP contribution is 2.30. The van der Waals surface area contributed by atoms with Gasteiger partial charge in [-0.3, -0.25) is 24.3 Å². The van der Waals surface area contributed by atoms with Gasteiger partial charge in [0.05, 0.1) is 24.0 Å². The summed E-state index contributed by atoms with van der Waals surface area (Å²) < 4.78 is 0. The first-order valence-electron chi connectivity index (χ1n) is 7.22. The number of imide groups is 1. The van der Waals surface area contributed by atoms with E-state index in [0.717, 1.165) is 37.4 Å². The van der Waals surface area contributed by atoms with E-state index in [1.165, 1.54) is 23.5 Å². The molecule has 2 fully saturated rings. The second-order valence-corrected chi connectivity index (χ2v) is 6.27. The number of carbonyl (C=O) groups is 3. The van der Waals surface area contributed by atoms with Gasteiger partial charge in [-0.25, -0.2) is 4.98 Å². The van der Waals surface area contributed by atoms with Crippen LogP contribution in [0, 0.1) is 0 Å². The third kappa shape index (κ3) is 2.96. The predicted molar refractivity (Wildman–Crippen MR) is 80.2 cm³/mol. The Morgan fingerprint density at radius 2 is 2.09 bits per heavy atom. The highest BCUT2D eigenvalue weighted by atomic mass is 32.2. The second kappa shape index (κ2) is 6.43. The fraction of sp³-hybridized carbons (Fsp3) is 0.500. The topological polar surface area (TPSA) is 92.3 Å². The molecule has 0 bridgehead atoms. The van der Waals surface area contributed by atoms with E-state index in [1.807, 2.05) is 0 Å². The van der Waals surface area contributed by atoms with Crippen molar-refractivity contribution in [3.8, 4) is 0 Å². The monoisotopic (exact) mass is 320 g/mol. The Labute approximate surface area is 131 Å². The Hall–Kier alpha value is -1.96. The highest BCUT2D eigenvalue weighted by Gasteiger charge is 2.41. The fourth-order valence-corrected chi connectivity index (χ4v) is 3.69. The summed E-state index contributed by atoms with van der Waals surface area (Å²) >= 11 is 1.03. The molecule has 1 N–H and O–H groups in total. The minimum atomic E-state index is -0.322. The van der Waals surface area contributed by atoms with Crippen LogP contribution in [-0.2, 0) is 4.79 Å². The number of nitrogens with zero attached hydrogens (tertiary/aromatic N) is 3. The number of aromatic nitrogens is 2. The lowest BCUT2D eigenvalue weighted by Gasteiger charge is -2.36. The maximum Gasteiger partial charge on any atom is 0.289 e. The van der Waals surface area contributed by atoms with E-state index in [2.05, 4.69) is 15.3 Å². The molecular formula is C14H16N4O3S. The normalized spacial score (nSPS) is 25.4. The number of rotatable bonds is 3. The van der Waals surface area contributed by atoms with E-state index in [4.69, 9.17) is 0 Å². The first kappa shape index (κ1) is 15.0. The molecule has 0 unspecified atom stereocenters. The number of carbonyl (C=O) groups excluding carboxylic acids is 3. The molecule has 2 aliphatic rings. The number of nitrogens with one attached hydrogen (secondary N) is 1. The molecule has 0 aromatic carbocycles. The van der Waals surface area contributed by atoms with Crippen molar-refractivity contribution in [1.82, 2.24) is 20.2 Å². The minimum Gasteiger partial charge on any atom is -0.346 e. The summed E-state index contributed by atoms with van der Waals surface area (Å²) in [6.07, 6.45) is 7.74. The van der Waals surface area contributed by atoms with Gasteiger partial charge in [-0.1, -0.05) is 24.6 Å². The molecule has 7 nitrogen and oxygen atoms in total. The molecule has 116 valence electrons. The Morgan fingerprint density at radius 3 is 2.77 bits per heavy atom. The van der Waals surface area contributed by atoms with Gasteiger partial charge in [-0.05, 0) is 12.8 Å². The summed E-state index contributed by atoms with van der Waals surface area (Å²) in [5.41, 5.74) is 0.236. The lowest BCUT2D eigenvalue weighted by molar-refractivity contribution is -0.127. The third-order valence-corrected chi connectivity index (χ3v) is 4.79. The van der Waals surface area contributed by atoms with Crippen LogP contribution in [0.4, 0.5) is 4.79 Å². The third-order valence-electron chi connectivity index (χ3n) is 3.96. The molecule has 1 saturated carbocycles. The first-order valence-corrected chi connectivity index (χ1v) is 8.21. The average molecular weight is 320 g/mol. The number of thioether (sulfide) groups is 1. The van der Waals surface area contributed by atoms with Gasteiger partial charge in [0.2, 0.25) is 5.91 Å². The molecule has 1 aliphatic carbocycles. The molecule has 0 spiro atoms. The number of hydrogen-bond acceptors (Lipinski definition) is 6. The van der Waals surface area contributed by atoms with E-state index in [9.17, 15) is 14.4 Å². The van der Waals surface area contributed by atoms with Crippen LogP contribution in [0.5, 0.6) is 0 Å². The average Bonchev–Trinajstić information content (AvgIpc) is 2.88. The van der Waals surface area contributed by atoms with Crippen LogP contribution >= 0.6 is 11.8 Å². The van der Waals surface area contributed by atoms with Gasteiger partial charge < -0.3 is 5.32 Å². The van der Waals surface area contributed by atoms with Gasteiger partial charge in [-0.2, -0.15) is 0 Å². The Balaban J connectivity index is 1.74. The minimum absolute atomic E-state index is 0.166. The largest absolute Gasteiger partial charge is 0.346 e. The molecule has 1 aliphatic heterocycles. The van der Waals surface area contributed by atoms with Gasteiger partial charge in [0, 0.05) is 12.4 Å². The summed E-state index contributed by atoms with van der Waals surface area (Å²) in [6.45, 7) is 0. The fourth-order valence-electron chi connectivity index (χ4n) is 2.93. The zero-order valence-electron chi connectivity index (χ0n) is 11.9. The molecule has 2 heterocycles. The maximum atomic E-state index is 12.2. The van der Waals surface area contributed by atoms with Crippen LogP contribution < -0.4 is 5.32 Å². The Kier molecular flexibility index (Phi) is 4.37. The molecule has 1 aromatic heterocycles. The number of hydrogen-bond donors (Lipinski definition) is 1. The van der Waals surface area contributed by atoms with Gasteiger partial charge in [0.15, 0.2) is 0 Å².